The first-order valence-corrected chi connectivity index (χ1v) is 13.8. The number of nitrogens with one attached hydrogen (secondary N) is 2. The van der Waals surface area contributed by atoms with Gasteiger partial charge in [-0.3, -0.25) is 9.59 Å². The Labute approximate surface area is 252 Å². The average molecular weight is 577 g/mol. The highest BCUT2D eigenvalue weighted by Gasteiger charge is 2.07. The second kappa shape index (κ2) is 15.1. The summed E-state index contributed by atoms with van der Waals surface area (Å²) in [6.45, 7) is 0.820. The fourth-order valence-corrected chi connectivity index (χ4v) is 4.12. The fourth-order valence-electron chi connectivity index (χ4n) is 4.12. The van der Waals surface area contributed by atoms with Crippen LogP contribution in [0, 0.1) is 0 Å². The van der Waals surface area contributed by atoms with Crippen LogP contribution >= 0.6 is 0 Å². The van der Waals surface area contributed by atoms with Crippen LogP contribution in [0.25, 0.3) is 0 Å². The van der Waals surface area contributed by atoms with Crippen molar-refractivity contribution in [3.8, 4) is 0 Å². The summed E-state index contributed by atoms with van der Waals surface area (Å²) in [5.41, 5.74) is 11.6. The molecule has 4 rings (SSSR count). The summed E-state index contributed by atoms with van der Waals surface area (Å²) in [5, 5.41) is 8.32. The van der Waals surface area contributed by atoms with Crippen LogP contribution in [0.1, 0.15) is 43.0 Å². The van der Waals surface area contributed by atoms with Gasteiger partial charge >= 0.3 is 0 Å². The SMILES string of the molecule is CN(C)c1ccc(C(=O)N/N=C/c2cc(/C=N/NC(=O)c3ccc(N(C)C)cc3)cc(COCc3ccccc3)c2)cc1. The molecular formula is C34H36N6O3. The first kappa shape index (κ1) is 30.7. The lowest BCUT2D eigenvalue weighted by molar-refractivity contribution is 0.0947. The van der Waals surface area contributed by atoms with Gasteiger partial charge in [0, 0.05) is 50.7 Å². The zero-order chi connectivity index (χ0) is 30.6. The van der Waals surface area contributed by atoms with E-state index >= 15 is 0 Å². The molecule has 0 aliphatic heterocycles. The largest absolute Gasteiger partial charge is 0.378 e. The number of hydrogen-bond donors (Lipinski definition) is 2. The van der Waals surface area contributed by atoms with Crippen molar-refractivity contribution in [1.82, 2.24) is 10.9 Å². The minimum Gasteiger partial charge on any atom is -0.378 e. The van der Waals surface area contributed by atoms with E-state index in [4.69, 9.17) is 4.74 Å². The van der Waals surface area contributed by atoms with Gasteiger partial charge in [0.15, 0.2) is 0 Å². The summed E-state index contributed by atoms with van der Waals surface area (Å²) in [5.74, 6) is -0.626. The van der Waals surface area contributed by atoms with Gasteiger partial charge in [-0.05, 0) is 89.0 Å². The molecule has 0 aliphatic carbocycles. The van der Waals surface area contributed by atoms with Crippen LogP contribution in [0.4, 0.5) is 11.4 Å². The lowest BCUT2D eigenvalue weighted by Gasteiger charge is -2.12. The highest BCUT2D eigenvalue weighted by Crippen LogP contribution is 2.14. The Morgan fingerprint density at radius 1 is 0.628 bits per heavy atom. The van der Waals surface area contributed by atoms with E-state index in [1.165, 1.54) is 0 Å². The Morgan fingerprint density at radius 2 is 1.07 bits per heavy atom. The van der Waals surface area contributed by atoms with E-state index in [0.29, 0.717) is 24.3 Å². The van der Waals surface area contributed by atoms with E-state index in [2.05, 4.69) is 21.1 Å². The summed E-state index contributed by atoms with van der Waals surface area (Å²) in [4.78, 5) is 29.1. The Hall–Kier alpha value is -5.28. The molecule has 0 heterocycles. The number of nitrogens with zero attached hydrogens (tertiary/aromatic N) is 4. The van der Waals surface area contributed by atoms with Gasteiger partial charge in [0.05, 0.1) is 25.6 Å². The minimum atomic E-state index is -0.313. The van der Waals surface area contributed by atoms with Crippen LogP contribution in [-0.4, -0.2) is 52.4 Å². The van der Waals surface area contributed by atoms with Gasteiger partial charge in [0.2, 0.25) is 0 Å². The molecule has 0 fully saturated rings. The molecule has 43 heavy (non-hydrogen) atoms. The molecule has 0 atom stereocenters. The molecule has 0 unspecified atom stereocenters. The van der Waals surface area contributed by atoms with Gasteiger partial charge < -0.3 is 14.5 Å². The number of hydrogen-bond acceptors (Lipinski definition) is 7. The molecule has 4 aromatic carbocycles. The maximum Gasteiger partial charge on any atom is 0.271 e. The minimum absolute atomic E-state index is 0.313. The molecule has 0 aliphatic rings. The third kappa shape index (κ3) is 9.37. The van der Waals surface area contributed by atoms with E-state index in [9.17, 15) is 9.59 Å². The lowest BCUT2D eigenvalue weighted by Crippen LogP contribution is -2.18. The number of hydrazone groups is 2. The second-order valence-corrected chi connectivity index (χ2v) is 10.3. The summed E-state index contributed by atoms with van der Waals surface area (Å²) in [6.07, 6.45) is 3.13. The second-order valence-electron chi connectivity index (χ2n) is 10.3. The highest BCUT2D eigenvalue weighted by molar-refractivity contribution is 5.96. The van der Waals surface area contributed by atoms with Crippen molar-refractivity contribution < 1.29 is 14.3 Å². The predicted molar refractivity (Wildman–Crippen MR) is 173 cm³/mol. The van der Waals surface area contributed by atoms with Crippen LogP contribution in [-0.2, 0) is 18.0 Å². The summed E-state index contributed by atoms with van der Waals surface area (Å²) in [7, 11) is 7.77. The third-order valence-electron chi connectivity index (χ3n) is 6.47. The number of carbonyl (C=O) groups excluding carboxylic acids is 2. The van der Waals surface area contributed by atoms with Crippen LogP contribution in [0.15, 0.2) is 107 Å². The summed E-state index contributed by atoms with van der Waals surface area (Å²) < 4.78 is 5.93. The molecule has 2 N–H and O–H groups in total. The highest BCUT2D eigenvalue weighted by atomic mass is 16.5. The molecular weight excluding hydrogens is 540 g/mol. The van der Waals surface area contributed by atoms with E-state index < -0.39 is 0 Å². The Morgan fingerprint density at radius 3 is 1.51 bits per heavy atom. The maximum absolute atomic E-state index is 12.6. The van der Waals surface area contributed by atoms with Crippen molar-refractivity contribution in [2.75, 3.05) is 38.0 Å². The van der Waals surface area contributed by atoms with E-state index in [1.807, 2.05) is 111 Å². The predicted octanol–water partition coefficient (Wildman–Crippen LogP) is 5.06. The van der Waals surface area contributed by atoms with E-state index in [-0.39, 0.29) is 11.8 Å². The van der Waals surface area contributed by atoms with Crippen LogP contribution in [0.5, 0.6) is 0 Å². The number of anilines is 2. The molecule has 220 valence electrons. The third-order valence-corrected chi connectivity index (χ3v) is 6.47. The number of amides is 2. The normalized spacial score (nSPS) is 11.1. The molecule has 0 radical (unpaired) electrons. The van der Waals surface area contributed by atoms with Gasteiger partial charge in [-0.1, -0.05) is 30.3 Å². The van der Waals surface area contributed by atoms with Gasteiger partial charge in [-0.25, -0.2) is 10.9 Å². The monoisotopic (exact) mass is 576 g/mol. The molecule has 0 spiro atoms. The fraction of sp³-hybridized carbons (Fsp3) is 0.176. The van der Waals surface area contributed by atoms with Crippen LogP contribution < -0.4 is 20.7 Å². The van der Waals surface area contributed by atoms with Crippen LogP contribution in [0.2, 0.25) is 0 Å². The lowest BCUT2D eigenvalue weighted by atomic mass is 10.1. The topological polar surface area (TPSA) is 98.6 Å². The van der Waals surface area contributed by atoms with Gasteiger partial charge in [-0.2, -0.15) is 10.2 Å². The molecule has 9 heteroatoms. The summed E-state index contributed by atoms with van der Waals surface area (Å²) in [6, 6.07) is 30.1. The van der Waals surface area contributed by atoms with Gasteiger partial charge in [0.1, 0.15) is 0 Å². The number of benzene rings is 4. The Kier molecular flexibility index (Phi) is 10.8. The van der Waals surface area contributed by atoms with Crippen molar-refractivity contribution in [3.05, 3.63) is 130 Å². The molecule has 0 saturated carbocycles. The Balaban J connectivity index is 1.44. The molecule has 9 nitrogen and oxygen atoms in total. The van der Waals surface area contributed by atoms with Crippen molar-refractivity contribution in [3.63, 3.8) is 0 Å². The van der Waals surface area contributed by atoms with Gasteiger partial charge in [-0.15, -0.1) is 0 Å². The first-order valence-electron chi connectivity index (χ1n) is 13.8. The zero-order valence-corrected chi connectivity index (χ0v) is 24.8. The molecule has 2 amide bonds. The molecule has 0 bridgehead atoms. The zero-order valence-electron chi connectivity index (χ0n) is 24.8. The summed E-state index contributed by atoms with van der Waals surface area (Å²) >= 11 is 0. The van der Waals surface area contributed by atoms with Crippen molar-refractivity contribution in [1.29, 1.82) is 0 Å². The standard InChI is InChI=1S/C34H36N6O3/c1-39(2)31-14-10-29(11-15-31)33(41)37-35-21-26-18-27(20-28(19-26)24-43-23-25-8-6-5-7-9-25)22-36-38-34(42)30-12-16-32(17-13-30)40(3)4/h5-22H,23-24H2,1-4H3,(H,37,41)(H,38,42)/b35-21+,36-22+. The molecule has 0 aromatic heterocycles. The van der Waals surface area contributed by atoms with E-state index in [1.54, 1.807) is 36.7 Å². The quantitative estimate of drug-likeness (QED) is 0.181. The van der Waals surface area contributed by atoms with Crippen LogP contribution in [0.3, 0.4) is 0 Å². The molecule has 4 aromatic rings. The van der Waals surface area contributed by atoms with Crippen molar-refractivity contribution in [2.45, 2.75) is 13.2 Å². The maximum atomic E-state index is 12.6. The Bertz CT molecular complexity index is 1470. The van der Waals surface area contributed by atoms with Gasteiger partial charge in [0.25, 0.3) is 11.8 Å². The average Bonchev–Trinajstić information content (AvgIpc) is 3.01. The number of carbonyl (C=O) groups is 2. The number of ether oxygens (including phenoxy) is 1. The first-order chi connectivity index (χ1) is 20.8. The van der Waals surface area contributed by atoms with E-state index in [0.717, 1.165) is 33.6 Å². The van der Waals surface area contributed by atoms with Crippen molar-refractivity contribution >= 4 is 35.6 Å². The van der Waals surface area contributed by atoms with Crippen molar-refractivity contribution in [2.24, 2.45) is 10.2 Å². The number of rotatable bonds is 12. The molecule has 0 saturated heterocycles. The smallest absolute Gasteiger partial charge is 0.271 e.